The molecule has 106 valence electrons. The first kappa shape index (κ1) is 14.9. The van der Waals surface area contributed by atoms with Gasteiger partial charge in [-0.25, -0.2) is 4.79 Å². The highest BCUT2D eigenvalue weighted by Gasteiger charge is 2.47. The summed E-state index contributed by atoms with van der Waals surface area (Å²) in [5.41, 5.74) is 0. The largest absolute Gasteiger partial charge is 0.459 e. The highest BCUT2D eigenvalue weighted by molar-refractivity contribution is 5.81. The molecule has 1 saturated heterocycles. The summed E-state index contributed by atoms with van der Waals surface area (Å²) in [5, 5.41) is 0. The van der Waals surface area contributed by atoms with Crippen molar-refractivity contribution in [3.8, 4) is 0 Å². The Balaban J connectivity index is 2.93. The van der Waals surface area contributed by atoms with Gasteiger partial charge in [0.15, 0.2) is 12.2 Å². The Kier molecular flexibility index (Phi) is 4.85. The zero-order valence-electron chi connectivity index (χ0n) is 10.7. The Morgan fingerprint density at radius 1 is 1.00 bits per heavy atom. The number of esters is 4. The Labute approximate surface area is 108 Å². The molecule has 0 spiro atoms. The van der Waals surface area contributed by atoms with Gasteiger partial charge >= 0.3 is 23.9 Å². The SMILES string of the molecule is CC(=O)O[C@@H]1[C@H](OC(C)=O)COC(=O)[C@@H]1OC(C)=O. The first-order valence-electron chi connectivity index (χ1n) is 5.49. The minimum atomic E-state index is -1.44. The van der Waals surface area contributed by atoms with Crippen LogP contribution in [0.5, 0.6) is 0 Å². The van der Waals surface area contributed by atoms with Crippen molar-refractivity contribution >= 4 is 23.9 Å². The number of rotatable bonds is 3. The molecule has 3 atom stereocenters. The molecule has 0 N–H and O–H groups in total. The molecule has 8 nitrogen and oxygen atoms in total. The van der Waals surface area contributed by atoms with Gasteiger partial charge in [-0.15, -0.1) is 0 Å². The van der Waals surface area contributed by atoms with E-state index in [2.05, 4.69) is 0 Å². The molecule has 1 fully saturated rings. The summed E-state index contributed by atoms with van der Waals surface area (Å²) in [6, 6.07) is 0. The van der Waals surface area contributed by atoms with E-state index >= 15 is 0 Å². The number of carbonyl (C=O) groups excluding carboxylic acids is 4. The van der Waals surface area contributed by atoms with Crippen LogP contribution in [0.15, 0.2) is 0 Å². The number of cyclic esters (lactones) is 1. The summed E-state index contributed by atoms with van der Waals surface area (Å²) in [6.07, 6.45) is -3.67. The monoisotopic (exact) mass is 274 g/mol. The summed E-state index contributed by atoms with van der Waals surface area (Å²) >= 11 is 0. The fourth-order valence-corrected chi connectivity index (χ4v) is 1.61. The maximum atomic E-state index is 11.5. The van der Waals surface area contributed by atoms with Crippen molar-refractivity contribution in [1.82, 2.24) is 0 Å². The van der Waals surface area contributed by atoms with E-state index in [9.17, 15) is 19.2 Å². The summed E-state index contributed by atoms with van der Waals surface area (Å²) in [6.45, 7) is 3.10. The molecule has 0 aromatic heterocycles. The predicted molar refractivity (Wildman–Crippen MR) is 57.6 cm³/mol. The third-order valence-electron chi connectivity index (χ3n) is 2.20. The quantitative estimate of drug-likeness (QED) is 0.493. The number of hydrogen-bond donors (Lipinski definition) is 0. The van der Waals surface area contributed by atoms with Crippen molar-refractivity contribution in [3.63, 3.8) is 0 Å². The Morgan fingerprint density at radius 2 is 1.53 bits per heavy atom. The molecule has 1 rings (SSSR count). The van der Waals surface area contributed by atoms with Crippen molar-refractivity contribution in [2.75, 3.05) is 6.61 Å². The molecule has 0 bridgehead atoms. The minimum absolute atomic E-state index is 0.270. The molecule has 0 saturated carbocycles. The molecule has 0 aromatic rings. The Morgan fingerprint density at radius 3 is 2.00 bits per heavy atom. The van der Waals surface area contributed by atoms with Gasteiger partial charge in [0.2, 0.25) is 6.10 Å². The van der Waals surface area contributed by atoms with Gasteiger partial charge in [0, 0.05) is 20.8 Å². The molecular weight excluding hydrogens is 260 g/mol. The normalized spacial score (nSPS) is 26.1. The predicted octanol–water partition coefficient (Wildman–Crippen LogP) is -0.662. The molecule has 0 aliphatic carbocycles. The smallest absolute Gasteiger partial charge is 0.351 e. The van der Waals surface area contributed by atoms with Gasteiger partial charge in [-0.3, -0.25) is 14.4 Å². The van der Waals surface area contributed by atoms with Gasteiger partial charge in [0.05, 0.1) is 0 Å². The second-order valence-electron chi connectivity index (χ2n) is 3.88. The van der Waals surface area contributed by atoms with Gasteiger partial charge in [0.1, 0.15) is 6.61 Å². The zero-order chi connectivity index (χ0) is 14.6. The lowest BCUT2D eigenvalue weighted by atomic mass is 10.1. The third kappa shape index (κ3) is 4.23. The molecule has 0 unspecified atom stereocenters. The number of carbonyl (C=O) groups is 4. The average molecular weight is 274 g/mol. The van der Waals surface area contributed by atoms with Crippen LogP contribution in [0.1, 0.15) is 20.8 Å². The molecule has 1 heterocycles. The van der Waals surface area contributed by atoms with Crippen LogP contribution in [-0.4, -0.2) is 48.8 Å². The molecule has 1 aliphatic rings. The Hall–Kier alpha value is -2.12. The van der Waals surface area contributed by atoms with Crippen LogP contribution in [0.2, 0.25) is 0 Å². The zero-order valence-corrected chi connectivity index (χ0v) is 10.7. The van der Waals surface area contributed by atoms with Gasteiger partial charge in [0.25, 0.3) is 0 Å². The van der Waals surface area contributed by atoms with E-state index in [1.165, 1.54) is 0 Å². The van der Waals surface area contributed by atoms with Crippen molar-refractivity contribution in [1.29, 1.82) is 0 Å². The van der Waals surface area contributed by atoms with E-state index in [1.54, 1.807) is 0 Å². The first-order valence-corrected chi connectivity index (χ1v) is 5.49. The number of ether oxygens (including phenoxy) is 4. The highest BCUT2D eigenvalue weighted by Crippen LogP contribution is 2.20. The fourth-order valence-electron chi connectivity index (χ4n) is 1.61. The van der Waals surface area contributed by atoms with Crippen LogP contribution in [-0.2, 0) is 38.1 Å². The minimum Gasteiger partial charge on any atom is -0.459 e. The van der Waals surface area contributed by atoms with Crippen molar-refractivity contribution < 1.29 is 38.1 Å². The average Bonchev–Trinajstić information content (AvgIpc) is 2.25. The summed E-state index contributed by atoms with van der Waals surface area (Å²) in [5.74, 6) is -2.94. The van der Waals surface area contributed by atoms with Crippen LogP contribution < -0.4 is 0 Å². The maximum Gasteiger partial charge on any atom is 0.351 e. The van der Waals surface area contributed by atoms with Crippen molar-refractivity contribution in [3.05, 3.63) is 0 Å². The topological polar surface area (TPSA) is 105 Å². The van der Waals surface area contributed by atoms with E-state index in [1.807, 2.05) is 0 Å². The van der Waals surface area contributed by atoms with Crippen LogP contribution >= 0.6 is 0 Å². The summed E-state index contributed by atoms with van der Waals surface area (Å²) in [4.78, 5) is 44.4. The molecule has 1 aliphatic heterocycles. The molecule has 19 heavy (non-hydrogen) atoms. The van der Waals surface area contributed by atoms with Crippen molar-refractivity contribution in [2.45, 2.75) is 39.1 Å². The van der Waals surface area contributed by atoms with Crippen LogP contribution in [0.4, 0.5) is 0 Å². The van der Waals surface area contributed by atoms with Gasteiger partial charge < -0.3 is 18.9 Å². The van der Waals surface area contributed by atoms with E-state index in [4.69, 9.17) is 18.9 Å². The van der Waals surface area contributed by atoms with E-state index in [0.29, 0.717) is 0 Å². The Bertz CT molecular complexity index is 401. The molecular formula is C11H14O8. The van der Waals surface area contributed by atoms with Crippen LogP contribution in [0, 0.1) is 0 Å². The van der Waals surface area contributed by atoms with Crippen LogP contribution in [0.25, 0.3) is 0 Å². The molecule has 0 aromatic carbocycles. The molecule has 0 radical (unpaired) electrons. The summed E-state index contributed by atoms with van der Waals surface area (Å²) < 4.78 is 19.3. The second kappa shape index (κ2) is 6.17. The van der Waals surface area contributed by atoms with Crippen molar-refractivity contribution in [2.24, 2.45) is 0 Å². The first-order chi connectivity index (χ1) is 8.81. The molecule has 8 heteroatoms. The van der Waals surface area contributed by atoms with E-state index in [0.717, 1.165) is 20.8 Å². The van der Waals surface area contributed by atoms with Gasteiger partial charge in [-0.2, -0.15) is 0 Å². The number of hydrogen-bond acceptors (Lipinski definition) is 8. The second-order valence-corrected chi connectivity index (χ2v) is 3.88. The fraction of sp³-hybridized carbons (Fsp3) is 0.636. The van der Waals surface area contributed by atoms with E-state index < -0.39 is 42.2 Å². The standard InChI is InChI=1S/C11H14O8/c1-5(12)17-8-4-16-11(15)10(19-7(3)14)9(8)18-6(2)13/h8-10H,4H2,1-3H3/t8-,9-,10-/m1/s1. The van der Waals surface area contributed by atoms with Gasteiger partial charge in [-0.05, 0) is 0 Å². The van der Waals surface area contributed by atoms with Crippen LogP contribution in [0.3, 0.4) is 0 Å². The lowest BCUT2D eigenvalue weighted by Gasteiger charge is -2.34. The van der Waals surface area contributed by atoms with Gasteiger partial charge in [-0.1, -0.05) is 0 Å². The lowest BCUT2D eigenvalue weighted by molar-refractivity contribution is -0.212. The lowest BCUT2D eigenvalue weighted by Crippen LogP contribution is -2.55. The third-order valence-corrected chi connectivity index (χ3v) is 2.20. The maximum absolute atomic E-state index is 11.5. The highest BCUT2D eigenvalue weighted by atomic mass is 16.7. The molecule has 0 amide bonds. The summed E-state index contributed by atoms with van der Waals surface area (Å²) in [7, 11) is 0. The van der Waals surface area contributed by atoms with E-state index in [-0.39, 0.29) is 6.61 Å².